The van der Waals surface area contributed by atoms with E-state index in [-0.39, 0.29) is 0 Å². The van der Waals surface area contributed by atoms with Gasteiger partial charge in [0.1, 0.15) is 0 Å². The SMILES string of the molecule is Fc1ccc(CCNC2CCCc3c2[nH]c2ccccc32)cc1F. The van der Waals surface area contributed by atoms with Crippen LogP contribution in [-0.4, -0.2) is 11.5 Å². The van der Waals surface area contributed by atoms with Crippen LogP contribution in [0, 0.1) is 11.6 Å². The van der Waals surface area contributed by atoms with E-state index in [1.54, 1.807) is 6.07 Å². The van der Waals surface area contributed by atoms with Gasteiger partial charge in [-0.25, -0.2) is 8.78 Å². The first kappa shape index (κ1) is 15.3. The molecule has 0 fully saturated rings. The van der Waals surface area contributed by atoms with E-state index >= 15 is 0 Å². The van der Waals surface area contributed by atoms with Crippen LogP contribution in [0.3, 0.4) is 0 Å². The number of hydrogen-bond donors (Lipinski definition) is 2. The lowest BCUT2D eigenvalue weighted by Crippen LogP contribution is -2.27. The van der Waals surface area contributed by atoms with E-state index in [1.165, 1.54) is 34.3 Å². The van der Waals surface area contributed by atoms with Gasteiger partial charge in [0.15, 0.2) is 11.6 Å². The molecule has 1 heterocycles. The number of nitrogens with one attached hydrogen (secondary N) is 2. The summed E-state index contributed by atoms with van der Waals surface area (Å²) in [6, 6.07) is 12.8. The van der Waals surface area contributed by atoms with Crippen molar-refractivity contribution in [2.24, 2.45) is 0 Å². The zero-order valence-corrected chi connectivity index (χ0v) is 13.4. The molecule has 0 radical (unpaired) electrons. The monoisotopic (exact) mass is 326 g/mol. The van der Waals surface area contributed by atoms with E-state index < -0.39 is 11.6 Å². The zero-order valence-electron chi connectivity index (χ0n) is 13.4. The Balaban J connectivity index is 1.47. The van der Waals surface area contributed by atoms with Crippen LogP contribution < -0.4 is 5.32 Å². The molecule has 124 valence electrons. The molecule has 0 aliphatic heterocycles. The molecule has 1 aliphatic rings. The van der Waals surface area contributed by atoms with Crippen molar-refractivity contribution in [3.05, 3.63) is 70.9 Å². The number of aromatic nitrogens is 1. The minimum Gasteiger partial charge on any atom is -0.357 e. The predicted octanol–water partition coefficient (Wildman–Crippen LogP) is 4.66. The number of rotatable bonds is 4. The average molecular weight is 326 g/mol. The number of H-pyrrole nitrogens is 1. The Morgan fingerprint density at radius 3 is 2.83 bits per heavy atom. The minimum absolute atomic E-state index is 0.298. The molecule has 0 saturated heterocycles. The standard InChI is InChI=1S/C20H20F2N2/c21-16-9-8-13(12-17(16)22)10-11-23-19-7-3-5-15-14-4-1-2-6-18(14)24-20(15)19/h1-2,4,6,8-9,12,19,23-24H,3,5,7,10-11H2. The molecule has 2 aromatic carbocycles. The molecular formula is C20H20F2N2. The summed E-state index contributed by atoms with van der Waals surface area (Å²) in [5, 5.41) is 4.89. The van der Waals surface area contributed by atoms with E-state index in [1.807, 2.05) is 0 Å². The third-order valence-electron chi connectivity index (χ3n) is 4.90. The molecule has 0 amide bonds. The summed E-state index contributed by atoms with van der Waals surface area (Å²) in [5.41, 5.74) is 4.71. The summed E-state index contributed by atoms with van der Waals surface area (Å²) in [7, 11) is 0. The van der Waals surface area contributed by atoms with Gasteiger partial charge in [0.25, 0.3) is 0 Å². The molecule has 2 N–H and O–H groups in total. The van der Waals surface area contributed by atoms with E-state index in [0.717, 1.165) is 31.4 Å². The van der Waals surface area contributed by atoms with Crippen LogP contribution in [-0.2, 0) is 12.8 Å². The molecular weight excluding hydrogens is 306 g/mol. The summed E-state index contributed by atoms with van der Waals surface area (Å²) < 4.78 is 26.3. The van der Waals surface area contributed by atoms with Gasteiger partial charge in [-0.1, -0.05) is 24.3 Å². The Labute approximate surface area is 139 Å². The first-order valence-corrected chi connectivity index (χ1v) is 8.49. The van der Waals surface area contributed by atoms with Gasteiger partial charge in [0.05, 0.1) is 0 Å². The van der Waals surface area contributed by atoms with E-state index in [0.29, 0.717) is 12.5 Å². The molecule has 1 aliphatic carbocycles. The molecule has 4 rings (SSSR count). The maximum absolute atomic E-state index is 13.3. The highest BCUT2D eigenvalue weighted by molar-refractivity contribution is 5.85. The van der Waals surface area contributed by atoms with Crippen LogP contribution in [0.15, 0.2) is 42.5 Å². The van der Waals surface area contributed by atoms with Crippen molar-refractivity contribution in [3.63, 3.8) is 0 Å². The molecule has 24 heavy (non-hydrogen) atoms. The Hall–Kier alpha value is -2.20. The smallest absolute Gasteiger partial charge is 0.159 e. The number of para-hydroxylation sites is 1. The summed E-state index contributed by atoms with van der Waals surface area (Å²) in [6.07, 6.45) is 4.05. The first-order chi connectivity index (χ1) is 11.7. The van der Waals surface area contributed by atoms with E-state index in [2.05, 4.69) is 34.6 Å². The molecule has 1 unspecified atom stereocenters. The van der Waals surface area contributed by atoms with Crippen molar-refractivity contribution in [1.82, 2.24) is 10.3 Å². The number of fused-ring (bicyclic) bond motifs is 3. The van der Waals surface area contributed by atoms with Crippen molar-refractivity contribution in [1.29, 1.82) is 0 Å². The lowest BCUT2D eigenvalue weighted by molar-refractivity contribution is 0.455. The second kappa shape index (κ2) is 6.36. The highest BCUT2D eigenvalue weighted by Gasteiger charge is 2.23. The number of halogens is 2. The number of hydrogen-bond acceptors (Lipinski definition) is 1. The summed E-state index contributed by atoms with van der Waals surface area (Å²) in [4.78, 5) is 3.56. The lowest BCUT2D eigenvalue weighted by atomic mass is 9.91. The fourth-order valence-electron chi connectivity index (χ4n) is 3.70. The Kier molecular flexibility index (Phi) is 4.07. The maximum Gasteiger partial charge on any atom is 0.159 e. The molecule has 1 aromatic heterocycles. The zero-order chi connectivity index (χ0) is 16.5. The summed E-state index contributed by atoms with van der Waals surface area (Å²) in [6.45, 7) is 0.741. The molecule has 0 saturated carbocycles. The second-order valence-corrected chi connectivity index (χ2v) is 6.46. The topological polar surface area (TPSA) is 27.8 Å². The van der Waals surface area contributed by atoms with Gasteiger partial charge in [-0.15, -0.1) is 0 Å². The van der Waals surface area contributed by atoms with Gasteiger partial charge in [-0.2, -0.15) is 0 Å². The molecule has 2 nitrogen and oxygen atoms in total. The fourth-order valence-corrected chi connectivity index (χ4v) is 3.70. The molecule has 4 heteroatoms. The largest absolute Gasteiger partial charge is 0.357 e. The van der Waals surface area contributed by atoms with Crippen molar-refractivity contribution >= 4 is 10.9 Å². The molecule has 0 bridgehead atoms. The number of aromatic amines is 1. The normalized spacial score (nSPS) is 17.2. The first-order valence-electron chi connectivity index (χ1n) is 8.49. The van der Waals surface area contributed by atoms with Crippen molar-refractivity contribution in [2.45, 2.75) is 31.7 Å². The Bertz CT molecular complexity index is 869. The highest BCUT2D eigenvalue weighted by atomic mass is 19.2. The minimum atomic E-state index is -0.790. The molecule has 1 atom stereocenters. The van der Waals surface area contributed by atoms with Crippen LogP contribution in [0.1, 0.15) is 35.7 Å². The van der Waals surface area contributed by atoms with Crippen molar-refractivity contribution in [2.75, 3.05) is 6.54 Å². The van der Waals surface area contributed by atoms with E-state index in [4.69, 9.17) is 0 Å². The average Bonchev–Trinajstić information content (AvgIpc) is 2.98. The number of aryl methyl sites for hydroxylation is 1. The van der Waals surface area contributed by atoms with Gasteiger partial charge < -0.3 is 10.3 Å². The van der Waals surface area contributed by atoms with Crippen LogP contribution in [0.5, 0.6) is 0 Å². The third kappa shape index (κ3) is 2.82. The maximum atomic E-state index is 13.3. The number of benzene rings is 2. The Morgan fingerprint density at radius 1 is 1.08 bits per heavy atom. The Morgan fingerprint density at radius 2 is 1.96 bits per heavy atom. The van der Waals surface area contributed by atoms with Crippen molar-refractivity contribution in [3.8, 4) is 0 Å². The lowest BCUT2D eigenvalue weighted by Gasteiger charge is -2.24. The van der Waals surface area contributed by atoms with E-state index in [9.17, 15) is 8.78 Å². The van der Waals surface area contributed by atoms with Crippen LogP contribution in [0.4, 0.5) is 8.78 Å². The van der Waals surface area contributed by atoms with Crippen LogP contribution in [0.25, 0.3) is 10.9 Å². The van der Waals surface area contributed by atoms with Gasteiger partial charge in [-0.3, -0.25) is 0 Å². The van der Waals surface area contributed by atoms with Gasteiger partial charge in [0, 0.05) is 22.6 Å². The summed E-state index contributed by atoms with van der Waals surface area (Å²) >= 11 is 0. The van der Waals surface area contributed by atoms with Gasteiger partial charge in [0.2, 0.25) is 0 Å². The third-order valence-corrected chi connectivity index (χ3v) is 4.90. The molecule has 3 aromatic rings. The quantitative estimate of drug-likeness (QED) is 0.717. The predicted molar refractivity (Wildman–Crippen MR) is 92.0 cm³/mol. The van der Waals surface area contributed by atoms with Gasteiger partial charge >= 0.3 is 0 Å². The second-order valence-electron chi connectivity index (χ2n) is 6.46. The highest BCUT2D eigenvalue weighted by Crippen LogP contribution is 2.34. The van der Waals surface area contributed by atoms with Crippen LogP contribution >= 0.6 is 0 Å². The van der Waals surface area contributed by atoms with Crippen LogP contribution in [0.2, 0.25) is 0 Å². The molecule has 0 spiro atoms. The fraction of sp³-hybridized carbons (Fsp3) is 0.300. The summed E-state index contributed by atoms with van der Waals surface area (Å²) in [5.74, 6) is -1.57. The van der Waals surface area contributed by atoms with Crippen molar-refractivity contribution < 1.29 is 8.78 Å². The van der Waals surface area contributed by atoms with Gasteiger partial charge in [-0.05, 0) is 61.6 Å².